The van der Waals surface area contributed by atoms with Crippen molar-refractivity contribution >= 4 is 5.91 Å². The van der Waals surface area contributed by atoms with Crippen molar-refractivity contribution in [2.45, 2.75) is 31.5 Å². The minimum atomic E-state index is -0.342. The Morgan fingerprint density at radius 3 is 2.88 bits per heavy atom. The zero-order valence-corrected chi connectivity index (χ0v) is 10.5. The van der Waals surface area contributed by atoms with Gasteiger partial charge < -0.3 is 14.8 Å². The molecule has 17 heavy (non-hydrogen) atoms. The van der Waals surface area contributed by atoms with Crippen molar-refractivity contribution in [3.05, 3.63) is 0 Å². The lowest BCUT2D eigenvalue weighted by atomic mass is 10.0. The van der Waals surface area contributed by atoms with Crippen LogP contribution in [-0.4, -0.2) is 56.5 Å². The summed E-state index contributed by atoms with van der Waals surface area (Å²) in [5, 5.41) is 2.64. The molecule has 1 amide bonds. The van der Waals surface area contributed by atoms with Gasteiger partial charge in [-0.15, -0.1) is 0 Å². The highest BCUT2D eigenvalue weighted by molar-refractivity contribution is 5.75. The number of hydrogen-bond donors (Lipinski definition) is 1. The molecule has 1 N–H and O–H groups in total. The molecular formula is C12H22N2O3. The Labute approximate surface area is 102 Å². The Bertz CT molecular complexity index is 264. The third kappa shape index (κ3) is 3.40. The molecule has 2 fully saturated rings. The van der Waals surface area contributed by atoms with E-state index in [0.29, 0.717) is 19.6 Å². The molecule has 0 aromatic carbocycles. The van der Waals surface area contributed by atoms with E-state index in [0.717, 1.165) is 38.9 Å². The number of nitrogens with one attached hydrogen (secondary N) is 1. The molecule has 0 atom stereocenters. The molecule has 0 radical (unpaired) electrons. The summed E-state index contributed by atoms with van der Waals surface area (Å²) in [6.07, 6.45) is 3.61. The van der Waals surface area contributed by atoms with Crippen LogP contribution in [0.4, 0.5) is 0 Å². The average Bonchev–Trinajstić information content (AvgIpc) is 2.77. The minimum Gasteiger partial charge on any atom is -0.359 e. The van der Waals surface area contributed by atoms with Crippen LogP contribution < -0.4 is 5.32 Å². The molecule has 98 valence electrons. The molecule has 5 nitrogen and oxygen atoms in total. The van der Waals surface area contributed by atoms with Gasteiger partial charge in [-0.2, -0.15) is 0 Å². The molecule has 2 saturated heterocycles. The summed E-state index contributed by atoms with van der Waals surface area (Å²) < 4.78 is 11.4. The quantitative estimate of drug-likeness (QED) is 0.773. The molecule has 0 unspecified atom stereocenters. The SMILES string of the molecule is CNC(=O)CCCN1CCCC2(C1)OCCO2. The number of rotatable bonds is 4. The monoisotopic (exact) mass is 242 g/mol. The van der Waals surface area contributed by atoms with Crippen molar-refractivity contribution in [3.8, 4) is 0 Å². The third-order valence-corrected chi connectivity index (χ3v) is 3.47. The van der Waals surface area contributed by atoms with Crippen LogP contribution in [0.2, 0.25) is 0 Å². The van der Waals surface area contributed by atoms with Gasteiger partial charge in [-0.05, 0) is 25.9 Å². The lowest BCUT2D eigenvalue weighted by molar-refractivity contribution is -0.189. The number of carbonyl (C=O) groups excluding carboxylic acids is 1. The highest BCUT2D eigenvalue weighted by atomic mass is 16.7. The van der Waals surface area contributed by atoms with E-state index in [1.807, 2.05) is 0 Å². The topological polar surface area (TPSA) is 50.8 Å². The molecular weight excluding hydrogens is 220 g/mol. The first-order valence-electron chi connectivity index (χ1n) is 6.45. The van der Waals surface area contributed by atoms with Gasteiger partial charge in [0.1, 0.15) is 0 Å². The first-order valence-corrected chi connectivity index (χ1v) is 6.45. The summed E-state index contributed by atoms with van der Waals surface area (Å²) in [5.74, 6) is -0.226. The minimum absolute atomic E-state index is 0.116. The van der Waals surface area contributed by atoms with E-state index in [1.54, 1.807) is 7.05 Å². The van der Waals surface area contributed by atoms with Gasteiger partial charge in [0.15, 0.2) is 5.79 Å². The first-order chi connectivity index (χ1) is 8.24. The molecule has 2 heterocycles. The predicted molar refractivity (Wildman–Crippen MR) is 63.6 cm³/mol. The zero-order chi connectivity index (χ0) is 12.1. The lowest BCUT2D eigenvalue weighted by Crippen LogP contribution is -2.49. The summed E-state index contributed by atoms with van der Waals surface area (Å²) in [7, 11) is 1.68. The van der Waals surface area contributed by atoms with Gasteiger partial charge in [0.25, 0.3) is 0 Å². The van der Waals surface area contributed by atoms with E-state index >= 15 is 0 Å². The van der Waals surface area contributed by atoms with E-state index in [-0.39, 0.29) is 11.7 Å². The van der Waals surface area contributed by atoms with Crippen molar-refractivity contribution in [1.29, 1.82) is 0 Å². The van der Waals surface area contributed by atoms with Crippen LogP contribution in [0.15, 0.2) is 0 Å². The Hall–Kier alpha value is -0.650. The van der Waals surface area contributed by atoms with Gasteiger partial charge in [-0.3, -0.25) is 9.69 Å². The maximum absolute atomic E-state index is 11.1. The summed E-state index contributed by atoms with van der Waals surface area (Å²) in [4.78, 5) is 13.5. The van der Waals surface area contributed by atoms with E-state index in [9.17, 15) is 4.79 Å². The van der Waals surface area contributed by atoms with Crippen LogP contribution in [0, 0.1) is 0 Å². The zero-order valence-electron chi connectivity index (χ0n) is 10.5. The normalized spacial score (nSPS) is 24.1. The number of nitrogens with zero attached hydrogens (tertiary/aromatic N) is 1. The summed E-state index contributed by atoms with van der Waals surface area (Å²) in [6, 6.07) is 0. The van der Waals surface area contributed by atoms with E-state index in [2.05, 4.69) is 10.2 Å². The van der Waals surface area contributed by atoms with Gasteiger partial charge in [-0.25, -0.2) is 0 Å². The van der Waals surface area contributed by atoms with Gasteiger partial charge in [0, 0.05) is 19.9 Å². The molecule has 0 bridgehead atoms. The molecule has 0 aromatic heterocycles. The lowest BCUT2D eigenvalue weighted by Gasteiger charge is -2.38. The van der Waals surface area contributed by atoms with Crippen LogP contribution >= 0.6 is 0 Å². The van der Waals surface area contributed by atoms with Crippen LogP contribution in [0.25, 0.3) is 0 Å². The Morgan fingerprint density at radius 1 is 1.41 bits per heavy atom. The van der Waals surface area contributed by atoms with Crippen LogP contribution in [0.1, 0.15) is 25.7 Å². The van der Waals surface area contributed by atoms with Crippen molar-refractivity contribution in [2.24, 2.45) is 0 Å². The third-order valence-electron chi connectivity index (χ3n) is 3.47. The maximum atomic E-state index is 11.1. The molecule has 0 aliphatic carbocycles. The van der Waals surface area contributed by atoms with Crippen molar-refractivity contribution in [1.82, 2.24) is 10.2 Å². The number of amides is 1. The molecule has 1 spiro atoms. The largest absolute Gasteiger partial charge is 0.359 e. The van der Waals surface area contributed by atoms with Crippen molar-refractivity contribution < 1.29 is 14.3 Å². The van der Waals surface area contributed by atoms with Crippen molar-refractivity contribution in [3.63, 3.8) is 0 Å². The van der Waals surface area contributed by atoms with Crippen LogP contribution in [0.3, 0.4) is 0 Å². The van der Waals surface area contributed by atoms with Gasteiger partial charge >= 0.3 is 0 Å². The van der Waals surface area contributed by atoms with Gasteiger partial charge in [-0.1, -0.05) is 0 Å². The molecule has 0 aromatic rings. The number of carbonyl (C=O) groups is 1. The number of ether oxygens (including phenoxy) is 2. The number of likely N-dealkylation sites (tertiary alicyclic amines) is 1. The summed E-state index contributed by atoms with van der Waals surface area (Å²) in [5.41, 5.74) is 0. The second kappa shape index (κ2) is 5.80. The fourth-order valence-corrected chi connectivity index (χ4v) is 2.58. The maximum Gasteiger partial charge on any atom is 0.219 e. The number of piperidine rings is 1. The smallest absolute Gasteiger partial charge is 0.219 e. The van der Waals surface area contributed by atoms with Crippen LogP contribution in [-0.2, 0) is 14.3 Å². The van der Waals surface area contributed by atoms with Gasteiger partial charge in [0.05, 0.1) is 19.8 Å². The molecule has 2 aliphatic rings. The standard InChI is InChI=1S/C12H22N2O3/c1-13-11(15)4-2-6-14-7-3-5-12(10-14)16-8-9-17-12/h2-10H2,1H3,(H,13,15). The fourth-order valence-electron chi connectivity index (χ4n) is 2.58. The Morgan fingerprint density at radius 2 is 2.18 bits per heavy atom. The predicted octanol–water partition coefficient (Wildman–Crippen LogP) is 0.352. The highest BCUT2D eigenvalue weighted by Crippen LogP contribution is 2.29. The van der Waals surface area contributed by atoms with E-state index < -0.39 is 0 Å². The second-order valence-electron chi connectivity index (χ2n) is 4.76. The van der Waals surface area contributed by atoms with Crippen LogP contribution in [0.5, 0.6) is 0 Å². The van der Waals surface area contributed by atoms with E-state index in [4.69, 9.17) is 9.47 Å². The molecule has 2 rings (SSSR count). The molecule has 2 aliphatic heterocycles. The average molecular weight is 242 g/mol. The highest BCUT2D eigenvalue weighted by Gasteiger charge is 2.40. The first kappa shape index (κ1) is 12.8. The Kier molecular flexibility index (Phi) is 4.36. The van der Waals surface area contributed by atoms with Crippen molar-refractivity contribution in [2.75, 3.05) is 39.9 Å². The summed E-state index contributed by atoms with van der Waals surface area (Å²) in [6.45, 7) is 4.31. The molecule has 0 saturated carbocycles. The molecule has 5 heteroatoms. The fraction of sp³-hybridized carbons (Fsp3) is 0.917. The Balaban J connectivity index is 1.72. The van der Waals surface area contributed by atoms with Gasteiger partial charge in [0.2, 0.25) is 5.91 Å². The van der Waals surface area contributed by atoms with E-state index in [1.165, 1.54) is 0 Å². The second-order valence-corrected chi connectivity index (χ2v) is 4.76. The number of hydrogen-bond acceptors (Lipinski definition) is 4. The summed E-state index contributed by atoms with van der Waals surface area (Å²) >= 11 is 0.